The number of hydrogen-bond acceptors (Lipinski definition) is 3. The zero-order valence-electron chi connectivity index (χ0n) is 7.58. The molecular formula is C9H14ClNO2. The van der Waals surface area contributed by atoms with E-state index in [1.165, 1.54) is 0 Å². The second-order valence-electron chi connectivity index (χ2n) is 3.26. The van der Waals surface area contributed by atoms with Gasteiger partial charge in [-0.2, -0.15) is 0 Å². The Morgan fingerprint density at radius 3 is 3.00 bits per heavy atom. The minimum Gasteiger partial charge on any atom is -0.469 e. The smallest absolute Gasteiger partial charge is 0.123 e. The molecular weight excluding hydrogens is 190 g/mol. The summed E-state index contributed by atoms with van der Waals surface area (Å²) in [6.45, 7) is 3.76. The average molecular weight is 204 g/mol. The molecule has 0 bridgehead atoms. The fourth-order valence-electron chi connectivity index (χ4n) is 1.50. The maximum Gasteiger partial charge on any atom is 0.123 e. The number of furan rings is 1. The van der Waals surface area contributed by atoms with E-state index in [1.54, 1.807) is 6.26 Å². The molecule has 1 aromatic rings. The number of nitrogens with one attached hydrogen (secondary N) is 1. The average Bonchev–Trinajstić information content (AvgIpc) is 2.62. The summed E-state index contributed by atoms with van der Waals surface area (Å²) in [5.74, 6) is 0.965. The Kier molecular flexibility index (Phi) is 3.36. The van der Waals surface area contributed by atoms with E-state index in [1.807, 2.05) is 19.1 Å². The second-order valence-corrected chi connectivity index (χ2v) is 3.26. The Labute approximate surface area is 83.9 Å². The molecule has 13 heavy (non-hydrogen) atoms. The number of halogens is 1. The van der Waals surface area contributed by atoms with Crippen LogP contribution in [0.25, 0.3) is 0 Å². The standard InChI is InChI=1S/C9H13NO2.ClH/c1-9(10-4-6-12-9)7-8-3-2-5-11-8;/h2-3,5,10H,4,6-7H2,1H3;1H. The first-order chi connectivity index (χ1) is 5.79. The zero-order chi connectivity index (χ0) is 8.44. The first-order valence-electron chi connectivity index (χ1n) is 4.20. The molecule has 1 fully saturated rings. The highest BCUT2D eigenvalue weighted by Gasteiger charge is 2.30. The second kappa shape index (κ2) is 4.13. The largest absolute Gasteiger partial charge is 0.469 e. The lowest BCUT2D eigenvalue weighted by Crippen LogP contribution is -2.39. The van der Waals surface area contributed by atoms with E-state index < -0.39 is 0 Å². The van der Waals surface area contributed by atoms with Crippen molar-refractivity contribution >= 4 is 12.4 Å². The minimum atomic E-state index is -0.224. The lowest BCUT2D eigenvalue weighted by Gasteiger charge is -2.21. The van der Waals surface area contributed by atoms with E-state index >= 15 is 0 Å². The molecule has 1 atom stereocenters. The molecule has 1 aliphatic rings. The third kappa shape index (κ3) is 2.46. The third-order valence-electron chi connectivity index (χ3n) is 2.11. The van der Waals surface area contributed by atoms with Crippen molar-refractivity contribution in [3.8, 4) is 0 Å². The van der Waals surface area contributed by atoms with E-state index in [9.17, 15) is 0 Å². The molecule has 1 aliphatic heterocycles. The lowest BCUT2D eigenvalue weighted by atomic mass is 10.1. The summed E-state index contributed by atoms with van der Waals surface area (Å²) in [4.78, 5) is 0. The summed E-state index contributed by atoms with van der Waals surface area (Å²) >= 11 is 0. The van der Waals surface area contributed by atoms with Gasteiger partial charge in [-0.15, -0.1) is 12.4 Å². The summed E-state index contributed by atoms with van der Waals surface area (Å²) in [6.07, 6.45) is 2.48. The van der Waals surface area contributed by atoms with Crippen LogP contribution in [0.1, 0.15) is 12.7 Å². The van der Waals surface area contributed by atoms with Crippen molar-refractivity contribution in [1.82, 2.24) is 5.32 Å². The number of ether oxygens (including phenoxy) is 1. The van der Waals surface area contributed by atoms with Gasteiger partial charge in [-0.25, -0.2) is 0 Å². The number of hydrogen-bond donors (Lipinski definition) is 1. The van der Waals surface area contributed by atoms with Crippen molar-refractivity contribution in [3.63, 3.8) is 0 Å². The first kappa shape index (κ1) is 10.6. The van der Waals surface area contributed by atoms with Crippen molar-refractivity contribution in [2.24, 2.45) is 0 Å². The van der Waals surface area contributed by atoms with Gasteiger partial charge >= 0.3 is 0 Å². The van der Waals surface area contributed by atoms with Gasteiger partial charge in [-0.1, -0.05) is 0 Å². The van der Waals surface area contributed by atoms with Gasteiger partial charge in [0.25, 0.3) is 0 Å². The van der Waals surface area contributed by atoms with Crippen molar-refractivity contribution in [3.05, 3.63) is 24.2 Å². The fraction of sp³-hybridized carbons (Fsp3) is 0.556. The highest BCUT2D eigenvalue weighted by molar-refractivity contribution is 5.85. The highest BCUT2D eigenvalue weighted by Crippen LogP contribution is 2.17. The van der Waals surface area contributed by atoms with Crippen LogP contribution in [-0.2, 0) is 11.2 Å². The molecule has 1 saturated heterocycles. The van der Waals surface area contributed by atoms with E-state index in [2.05, 4.69) is 5.32 Å². The maximum atomic E-state index is 5.54. The van der Waals surface area contributed by atoms with Gasteiger partial charge in [0.15, 0.2) is 0 Å². The molecule has 0 aromatic carbocycles. The molecule has 4 heteroatoms. The Morgan fingerprint density at radius 1 is 1.62 bits per heavy atom. The van der Waals surface area contributed by atoms with Crippen LogP contribution in [0.5, 0.6) is 0 Å². The SMILES string of the molecule is CC1(Cc2ccco2)NCCO1.Cl. The van der Waals surface area contributed by atoms with Gasteiger partial charge in [0, 0.05) is 13.0 Å². The van der Waals surface area contributed by atoms with E-state index in [0.717, 1.165) is 25.3 Å². The highest BCUT2D eigenvalue weighted by atomic mass is 35.5. The van der Waals surface area contributed by atoms with E-state index in [-0.39, 0.29) is 18.1 Å². The fourth-order valence-corrected chi connectivity index (χ4v) is 1.50. The van der Waals surface area contributed by atoms with Crippen LogP contribution in [0, 0.1) is 0 Å². The predicted molar refractivity (Wildman–Crippen MR) is 52.0 cm³/mol. The van der Waals surface area contributed by atoms with Crippen molar-refractivity contribution in [1.29, 1.82) is 0 Å². The van der Waals surface area contributed by atoms with Crippen LogP contribution < -0.4 is 5.32 Å². The van der Waals surface area contributed by atoms with Gasteiger partial charge in [-0.3, -0.25) is 5.32 Å². The normalized spacial score (nSPS) is 27.2. The molecule has 2 rings (SSSR count). The van der Waals surface area contributed by atoms with Gasteiger partial charge in [0.1, 0.15) is 11.5 Å². The van der Waals surface area contributed by atoms with Crippen LogP contribution in [0.4, 0.5) is 0 Å². The molecule has 0 spiro atoms. The molecule has 0 amide bonds. The van der Waals surface area contributed by atoms with Crippen LogP contribution in [-0.4, -0.2) is 18.9 Å². The number of rotatable bonds is 2. The topological polar surface area (TPSA) is 34.4 Å². The summed E-state index contributed by atoms with van der Waals surface area (Å²) in [7, 11) is 0. The molecule has 0 saturated carbocycles. The molecule has 0 aliphatic carbocycles. The maximum absolute atomic E-state index is 5.54. The van der Waals surface area contributed by atoms with Crippen molar-refractivity contribution < 1.29 is 9.15 Å². The van der Waals surface area contributed by atoms with Crippen molar-refractivity contribution in [2.75, 3.05) is 13.2 Å². The molecule has 2 heterocycles. The summed E-state index contributed by atoms with van der Waals surface area (Å²) < 4.78 is 10.8. The van der Waals surface area contributed by atoms with Crippen LogP contribution in [0.15, 0.2) is 22.8 Å². The minimum absolute atomic E-state index is 0. The molecule has 0 radical (unpaired) electrons. The Hall–Kier alpha value is -0.510. The molecule has 74 valence electrons. The van der Waals surface area contributed by atoms with Gasteiger partial charge in [-0.05, 0) is 19.1 Å². The zero-order valence-corrected chi connectivity index (χ0v) is 8.39. The molecule has 3 nitrogen and oxygen atoms in total. The Morgan fingerprint density at radius 2 is 2.46 bits per heavy atom. The first-order valence-corrected chi connectivity index (χ1v) is 4.20. The van der Waals surface area contributed by atoms with Crippen LogP contribution in [0.3, 0.4) is 0 Å². The van der Waals surface area contributed by atoms with Crippen LogP contribution in [0.2, 0.25) is 0 Å². The van der Waals surface area contributed by atoms with Crippen LogP contribution >= 0.6 is 12.4 Å². The van der Waals surface area contributed by atoms with Gasteiger partial charge < -0.3 is 9.15 Å². The third-order valence-corrected chi connectivity index (χ3v) is 2.11. The van der Waals surface area contributed by atoms with E-state index in [0.29, 0.717) is 0 Å². The molecule has 1 unspecified atom stereocenters. The predicted octanol–water partition coefficient (Wildman–Crippen LogP) is 1.58. The summed E-state index contributed by atoms with van der Waals surface area (Å²) in [6, 6.07) is 3.86. The van der Waals surface area contributed by atoms with E-state index in [4.69, 9.17) is 9.15 Å². The van der Waals surface area contributed by atoms with Gasteiger partial charge in [0.05, 0.1) is 12.9 Å². The molecule has 1 aromatic heterocycles. The summed E-state index contributed by atoms with van der Waals surface area (Å²) in [5, 5.41) is 3.29. The quantitative estimate of drug-likeness (QED) is 0.793. The lowest BCUT2D eigenvalue weighted by molar-refractivity contribution is 0.00321. The summed E-state index contributed by atoms with van der Waals surface area (Å²) in [5.41, 5.74) is -0.224. The Balaban J connectivity index is 0.000000845. The monoisotopic (exact) mass is 203 g/mol. The van der Waals surface area contributed by atoms with Crippen molar-refractivity contribution in [2.45, 2.75) is 19.1 Å². The van der Waals surface area contributed by atoms with Gasteiger partial charge in [0.2, 0.25) is 0 Å². The Bertz CT molecular complexity index is 242. The molecule has 1 N–H and O–H groups in total.